The second kappa shape index (κ2) is 6.85. The van der Waals surface area contributed by atoms with Gasteiger partial charge in [-0.2, -0.15) is 14.7 Å². The van der Waals surface area contributed by atoms with Gasteiger partial charge in [-0.05, 0) is 31.5 Å². The van der Waals surface area contributed by atoms with Crippen molar-refractivity contribution in [1.82, 2.24) is 24.5 Å². The summed E-state index contributed by atoms with van der Waals surface area (Å²) in [5, 5.41) is 18.4. The van der Waals surface area contributed by atoms with Crippen molar-refractivity contribution in [3.05, 3.63) is 41.3 Å². The van der Waals surface area contributed by atoms with E-state index in [1.807, 2.05) is 18.7 Å². The minimum absolute atomic E-state index is 0.229. The standard InChI is InChI=1S/C18H19N7O2S/c1-12-13(2)22-23-18(15(12)10-19)24-6-8-25(9-7-24)28(26,27)16-11-21-17-14(16)4-3-5-20-17/h3-5,11H,6-9H2,1-2H3,(H,20,21). The van der Waals surface area contributed by atoms with Crippen molar-refractivity contribution in [1.29, 1.82) is 5.26 Å². The maximum absolute atomic E-state index is 13.1. The molecule has 1 fully saturated rings. The summed E-state index contributed by atoms with van der Waals surface area (Å²) in [4.78, 5) is 9.21. The van der Waals surface area contributed by atoms with Gasteiger partial charge in [-0.1, -0.05) is 0 Å². The predicted octanol–water partition coefficient (Wildman–Crippen LogP) is 1.35. The van der Waals surface area contributed by atoms with Crippen molar-refractivity contribution in [2.24, 2.45) is 0 Å². The monoisotopic (exact) mass is 397 g/mol. The van der Waals surface area contributed by atoms with Crippen LogP contribution in [0.25, 0.3) is 11.0 Å². The van der Waals surface area contributed by atoms with Crippen molar-refractivity contribution in [2.75, 3.05) is 31.1 Å². The first-order chi connectivity index (χ1) is 13.4. The van der Waals surface area contributed by atoms with Gasteiger partial charge < -0.3 is 9.88 Å². The van der Waals surface area contributed by atoms with Crippen LogP contribution in [0.5, 0.6) is 0 Å². The first-order valence-corrected chi connectivity index (χ1v) is 10.3. The Hall–Kier alpha value is -3.03. The molecule has 4 rings (SSSR count). The van der Waals surface area contributed by atoms with Crippen LogP contribution in [0.1, 0.15) is 16.8 Å². The number of sulfonamides is 1. The SMILES string of the molecule is Cc1nnc(N2CCN(S(=O)(=O)c3c[nH]c4ncccc34)CC2)c(C#N)c1C. The normalized spacial score (nSPS) is 15.7. The van der Waals surface area contributed by atoms with Gasteiger partial charge in [-0.3, -0.25) is 0 Å². The molecule has 3 aromatic rings. The summed E-state index contributed by atoms with van der Waals surface area (Å²) in [5.41, 5.74) is 2.55. The molecule has 10 heteroatoms. The van der Waals surface area contributed by atoms with Crippen molar-refractivity contribution < 1.29 is 8.42 Å². The van der Waals surface area contributed by atoms with E-state index in [0.717, 1.165) is 11.3 Å². The lowest BCUT2D eigenvalue weighted by molar-refractivity contribution is 0.383. The molecule has 0 saturated carbocycles. The molecule has 0 bridgehead atoms. The van der Waals surface area contributed by atoms with E-state index in [-0.39, 0.29) is 4.90 Å². The molecule has 3 aromatic heterocycles. The van der Waals surface area contributed by atoms with E-state index in [1.165, 1.54) is 10.5 Å². The van der Waals surface area contributed by atoms with Crippen molar-refractivity contribution in [3.63, 3.8) is 0 Å². The van der Waals surface area contributed by atoms with E-state index in [2.05, 4.69) is 26.2 Å². The number of hydrogen-bond acceptors (Lipinski definition) is 7. The largest absolute Gasteiger partial charge is 0.351 e. The number of H-pyrrole nitrogens is 1. The third-order valence-corrected chi connectivity index (χ3v) is 7.06. The Balaban J connectivity index is 1.58. The third kappa shape index (κ3) is 2.89. The summed E-state index contributed by atoms with van der Waals surface area (Å²) in [5.74, 6) is 0.513. The zero-order valence-corrected chi connectivity index (χ0v) is 16.4. The average molecular weight is 397 g/mol. The molecule has 9 nitrogen and oxygen atoms in total. The van der Waals surface area contributed by atoms with Crippen LogP contribution < -0.4 is 4.90 Å². The second-order valence-corrected chi connectivity index (χ2v) is 8.57. The quantitative estimate of drug-likeness (QED) is 0.708. The highest BCUT2D eigenvalue weighted by Crippen LogP contribution is 2.27. The lowest BCUT2D eigenvalue weighted by Gasteiger charge is -2.34. The number of nitrogens with zero attached hydrogens (tertiary/aromatic N) is 6. The molecule has 144 valence electrons. The van der Waals surface area contributed by atoms with E-state index >= 15 is 0 Å². The van der Waals surface area contributed by atoms with Crippen LogP contribution in [0.2, 0.25) is 0 Å². The summed E-state index contributed by atoms with van der Waals surface area (Å²) in [6.45, 7) is 5.13. The van der Waals surface area contributed by atoms with Gasteiger partial charge in [0.05, 0.1) is 5.69 Å². The Kier molecular flexibility index (Phi) is 4.49. The van der Waals surface area contributed by atoms with Crippen molar-refractivity contribution >= 4 is 26.9 Å². The molecule has 0 aliphatic carbocycles. The van der Waals surface area contributed by atoms with Gasteiger partial charge in [0.25, 0.3) is 0 Å². The molecule has 0 aromatic carbocycles. The molecule has 0 radical (unpaired) electrons. The number of anilines is 1. The van der Waals surface area contributed by atoms with Gasteiger partial charge in [-0.25, -0.2) is 13.4 Å². The minimum atomic E-state index is -3.65. The van der Waals surface area contributed by atoms with Crippen LogP contribution in [-0.4, -0.2) is 59.1 Å². The zero-order chi connectivity index (χ0) is 19.9. The van der Waals surface area contributed by atoms with Gasteiger partial charge in [0, 0.05) is 44.0 Å². The molecule has 1 N–H and O–H groups in total. The molecular weight excluding hydrogens is 378 g/mol. The number of nitriles is 1. The Morgan fingerprint density at radius 1 is 1.18 bits per heavy atom. The van der Waals surface area contributed by atoms with E-state index in [4.69, 9.17) is 0 Å². The van der Waals surface area contributed by atoms with Gasteiger partial charge in [0.1, 0.15) is 22.2 Å². The number of pyridine rings is 1. The van der Waals surface area contributed by atoms with Gasteiger partial charge in [0.15, 0.2) is 5.82 Å². The fourth-order valence-electron chi connectivity index (χ4n) is 3.37. The number of nitrogens with one attached hydrogen (secondary N) is 1. The number of aryl methyl sites for hydroxylation is 1. The van der Waals surface area contributed by atoms with Crippen LogP contribution in [0, 0.1) is 25.2 Å². The summed E-state index contributed by atoms with van der Waals surface area (Å²) >= 11 is 0. The molecular formula is C18H19N7O2S. The van der Waals surface area contributed by atoms with E-state index in [0.29, 0.717) is 48.6 Å². The minimum Gasteiger partial charge on any atom is -0.351 e. The van der Waals surface area contributed by atoms with Crippen LogP contribution in [0.3, 0.4) is 0 Å². The summed E-state index contributed by atoms with van der Waals surface area (Å²) in [6.07, 6.45) is 3.10. The van der Waals surface area contributed by atoms with E-state index in [9.17, 15) is 13.7 Å². The van der Waals surface area contributed by atoms with Crippen LogP contribution in [0.4, 0.5) is 5.82 Å². The van der Waals surface area contributed by atoms with Crippen molar-refractivity contribution in [3.8, 4) is 6.07 Å². The Labute approximate surface area is 162 Å². The van der Waals surface area contributed by atoms with Gasteiger partial charge >= 0.3 is 0 Å². The number of aromatic amines is 1. The van der Waals surface area contributed by atoms with E-state index in [1.54, 1.807) is 18.3 Å². The highest BCUT2D eigenvalue weighted by Gasteiger charge is 2.32. The number of hydrogen-bond donors (Lipinski definition) is 1. The lowest BCUT2D eigenvalue weighted by atomic mass is 10.1. The summed E-state index contributed by atoms with van der Waals surface area (Å²) in [7, 11) is -3.65. The molecule has 0 spiro atoms. The Bertz CT molecular complexity index is 1190. The maximum atomic E-state index is 13.1. The zero-order valence-electron chi connectivity index (χ0n) is 15.5. The fourth-order valence-corrected chi connectivity index (χ4v) is 4.95. The van der Waals surface area contributed by atoms with E-state index < -0.39 is 10.0 Å². The molecule has 0 amide bonds. The number of piperazine rings is 1. The van der Waals surface area contributed by atoms with Gasteiger partial charge in [-0.15, -0.1) is 5.10 Å². The molecule has 4 heterocycles. The molecule has 1 saturated heterocycles. The Morgan fingerprint density at radius 3 is 2.64 bits per heavy atom. The van der Waals surface area contributed by atoms with Crippen LogP contribution in [0.15, 0.2) is 29.4 Å². The first kappa shape index (κ1) is 18.3. The molecule has 0 unspecified atom stereocenters. The highest BCUT2D eigenvalue weighted by atomic mass is 32.2. The third-order valence-electron chi connectivity index (χ3n) is 5.12. The Morgan fingerprint density at radius 2 is 1.93 bits per heavy atom. The second-order valence-electron chi connectivity index (χ2n) is 6.66. The molecule has 0 atom stereocenters. The fraction of sp³-hybridized carbons (Fsp3) is 0.333. The highest BCUT2D eigenvalue weighted by molar-refractivity contribution is 7.89. The topological polar surface area (TPSA) is 119 Å². The van der Waals surface area contributed by atoms with Crippen LogP contribution in [-0.2, 0) is 10.0 Å². The average Bonchev–Trinajstić information content (AvgIpc) is 3.15. The van der Waals surface area contributed by atoms with Gasteiger partial charge in [0.2, 0.25) is 10.0 Å². The van der Waals surface area contributed by atoms with Crippen LogP contribution >= 0.6 is 0 Å². The summed E-state index contributed by atoms with van der Waals surface area (Å²) < 4.78 is 27.7. The van der Waals surface area contributed by atoms with Crippen molar-refractivity contribution in [2.45, 2.75) is 18.7 Å². The lowest BCUT2D eigenvalue weighted by Crippen LogP contribution is -2.49. The number of fused-ring (bicyclic) bond motifs is 1. The molecule has 1 aliphatic heterocycles. The summed E-state index contributed by atoms with van der Waals surface area (Å²) in [6, 6.07) is 5.66. The first-order valence-electron chi connectivity index (χ1n) is 8.84. The predicted molar refractivity (Wildman–Crippen MR) is 103 cm³/mol. The molecule has 1 aliphatic rings. The molecule has 28 heavy (non-hydrogen) atoms. The maximum Gasteiger partial charge on any atom is 0.245 e. The number of aromatic nitrogens is 4. The smallest absolute Gasteiger partial charge is 0.245 e. The number of rotatable bonds is 3.